The van der Waals surface area contributed by atoms with Gasteiger partial charge >= 0.3 is 5.97 Å². The van der Waals surface area contributed by atoms with Crippen molar-refractivity contribution in [2.45, 2.75) is 26.1 Å². The van der Waals surface area contributed by atoms with E-state index in [4.69, 9.17) is 16.3 Å². The number of hydrogen-bond donors (Lipinski definition) is 1. The van der Waals surface area contributed by atoms with E-state index < -0.39 is 18.2 Å². The van der Waals surface area contributed by atoms with Crippen molar-refractivity contribution in [2.75, 3.05) is 7.11 Å². The Morgan fingerprint density at radius 3 is 2.53 bits per heavy atom. The molecular weight excluding hydrogens is 244 g/mol. The summed E-state index contributed by atoms with van der Waals surface area (Å²) in [7, 11) is 1.29. The standard InChI is InChI=1S/C12H15ClO4/c1-7(14)9-4-5-11(10(13)6-9)17-8(2)12(15)16-3/h4-8,14H,1-3H3/t7-,8?/m0/s1. The quantitative estimate of drug-likeness (QED) is 0.843. The van der Waals surface area contributed by atoms with Gasteiger partial charge in [-0.05, 0) is 31.5 Å². The molecule has 1 unspecified atom stereocenters. The van der Waals surface area contributed by atoms with Crippen LogP contribution in [0.5, 0.6) is 5.75 Å². The summed E-state index contributed by atoms with van der Waals surface area (Å²) in [6.07, 6.45) is -1.32. The Hall–Kier alpha value is -1.26. The number of rotatable bonds is 4. The lowest BCUT2D eigenvalue weighted by Gasteiger charge is -2.14. The highest BCUT2D eigenvalue weighted by molar-refractivity contribution is 6.32. The Labute approximate surface area is 105 Å². The number of hydrogen-bond acceptors (Lipinski definition) is 4. The zero-order valence-electron chi connectivity index (χ0n) is 9.94. The summed E-state index contributed by atoms with van der Waals surface area (Å²) in [5.41, 5.74) is 0.688. The fourth-order valence-corrected chi connectivity index (χ4v) is 1.51. The SMILES string of the molecule is COC(=O)C(C)Oc1ccc([C@H](C)O)cc1Cl. The van der Waals surface area contributed by atoms with Gasteiger partial charge in [-0.15, -0.1) is 0 Å². The van der Waals surface area contributed by atoms with Gasteiger partial charge in [-0.25, -0.2) is 4.79 Å². The maximum atomic E-state index is 11.2. The van der Waals surface area contributed by atoms with Gasteiger partial charge in [-0.2, -0.15) is 0 Å². The van der Waals surface area contributed by atoms with Crippen molar-refractivity contribution in [3.05, 3.63) is 28.8 Å². The third-order valence-electron chi connectivity index (χ3n) is 2.28. The van der Waals surface area contributed by atoms with E-state index >= 15 is 0 Å². The van der Waals surface area contributed by atoms with Crippen molar-refractivity contribution in [3.63, 3.8) is 0 Å². The van der Waals surface area contributed by atoms with Crippen molar-refractivity contribution in [1.29, 1.82) is 0 Å². The Morgan fingerprint density at radius 1 is 1.41 bits per heavy atom. The van der Waals surface area contributed by atoms with Crippen LogP contribution in [0.4, 0.5) is 0 Å². The highest BCUT2D eigenvalue weighted by atomic mass is 35.5. The Morgan fingerprint density at radius 2 is 2.06 bits per heavy atom. The van der Waals surface area contributed by atoms with Crippen LogP contribution in [0.2, 0.25) is 5.02 Å². The van der Waals surface area contributed by atoms with Gasteiger partial charge in [-0.3, -0.25) is 0 Å². The van der Waals surface area contributed by atoms with E-state index in [-0.39, 0.29) is 0 Å². The highest BCUT2D eigenvalue weighted by Crippen LogP contribution is 2.28. The molecule has 0 spiro atoms. The van der Waals surface area contributed by atoms with E-state index in [1.54, 1.807) is 32.0 Å². The van der Waals surface area contributed by atoms with E-state index in [9.17, 15) is 9.90 Å². The summed E-state index contributed by atoms with van der Waals surface area (Å²) in [5, 5.41) is 9.72. The van der Waals surface area contributed by atoms with Gasteiger partial charge in [0.05, 0.1) is 18.2 Å². The predicted molar refractivity (Wildman–Crippen MR) is 64.2 cm³/mol. The molecule has 1 rings (SSSR count). The van der Waals surface area contributed by atoms with Gasteiger partial charge < -0.3 is 14.6 Å². The van der Waals surface area contributed by atoms with Gasteiger partial charge in [0.1, 0.15) is 5.75 Å². The summed E-state index contributed by atoms with van der Waals surface area (Å²) in [4.78, 5) is 11.2. The predicted octanol–water partition coefficient (Wildman–Crippen LogP) is 2.33. The number of benzene rings is 1. The van der Waals surface area contributed by atoms with Crippen LogP contribution in [0.1, 0.15) is 25.5 Å². The van der Waals surface area contributed by atoms with Crippen molar-refractivity contribution < 1.29 is 19.4 Å². The zero-order valence-corrected chi connectivity index (χ0v) is 10.7. The molecule has 1 aromatic rings. The van der Waals surface area contributed by atoms with Gasteiger partial charge in [0.25, 0.3) is 0 Å². The van der Waals surface area contributed by atoms with Crippen LogP contribution in [-0.2, 0) is 9.53 Å². The number of aliphatic hydroxyl groups excluding tert-OH is 1. The molecular formula is C12H15ClO4. The molecule has 0 aliphatic rings. The van der Waals surface area contributed by atoms with Crippen LogP contribution in [0.15, 0.2) is 18.2 Å². The first-order chi connectivity index (χ1) is 7.95. The molecule has 1 N–H and O–H groups in total. The zero-order chi connectivity index (χ0) is 13.0. The van der Waals surface area contributed by atoms with Crippen LogP contribution in [0.25, 0.3) is 0 Å². The van der Waals surface area contributed by atoms with Gasteiger partial charge in [0.15, 0.2) is 6.10 Å². The maximum Gasteiger partial charge on any atom is 0.346 e. The number of halogens is 1. The molecule has 0 aromatic heterocycles. The lowest BCUT2D eigenvalue weighted by atomic mass is 10.1. The molecule has 0 aliphatic carbocycles. The molecule has 17 heavy (non-hydrogen) atoms. The third-order valence-corrected chi connectivity index (χ3v) is 2.57. The summed E-state index contributed by atoms with van der Waals surface area (Å²) < 4.78 is 9.88. The highest BCUT2D eigenvalue weighted by Gasteiger charge is 2.16. The van der Waals surface area contributed by atoms with Crippen LogP contribution >= 0.6 is 11.6 Å². The molecule has 5 heteroatoms. The van der Waals surface area contributed by atoms with Crippen molar-refractivity contribution in [3.8, 4) is 5.75 Å². The monoisotopic (exact) mass is 258 g/mol. The molecule has 4 nitrogen and oxygen atoms in total. The molecule has 0 saturated heterocycles. The van der Waals surface area contributed by atoms with Crippen LogP contribution in [0, 0.1) is 0 Å². The van der Waals surface area contributed by atoms with Crippen LogP contribution in [-0.4, -0.2) is 24.3 Å². The van der Waals surface area contributed by atoms with E-state index in [2.05, 4.69) is 4.74 Å². The van der Waals surface area contributed by atoms with Crippen molar-refractivity contribution >= 4 is 17.6 Å². The topological polar surface area (TPSA) is 55.8 Å². The van der Waals surface area contributed by atoms with Crippen molar-refractivity contribution in [2.24, 2.45) is 0 Å². The average molecular weight is 259 g/mol. The molecule has 0 heterocycles. The largest absolute Gasteiger partial charge is 0.477 e. The second kappa shape index (κ2) is 5.89. The normalized spacial score (nSPS) is 13.9. The Kier molecular flexibility index (Phi) is 4.78. The van der Waals surface area contributed by atoms with Crippen LogP contribution in [0.3, 0.4) is 0 Å². The summed E-state index contributed by atoms with van der Waals surface area (Å²) in [6.45, 7) is 3.22. The third kappa shape index (κ3) is 3.61. The smallest absolute Gasteiger partial charge is 0.346 e. The molecule has 0 saturated carbocycles. The summed E-state index contributed by atoms with van der Waals surface area (Å²) in [5.74, 6) is -0.0883. The minimum atomic E-state index is -0.727. The first-order valence-electron chi connectivity index (χ1n) is 5.17. The fourth-order valence-electron chi connectivity index (χ4n) is 1.28. The summed E-state index contributed by atoms with van der Waals surface area (Å²) in [6, 6.07) is 4.91. The van der Waals surface area contributed by atoms with Gasteiger partial charge in [0.2, 0.25) is 0 Å². The molecule has 0 radical (unpaired) electrons. The first kappa shape index (κ1) is 13.8. The minimum absolute atomic E-state index is 0.346. The number of ether oxygens (including phenoxy) is 2. The first-order valence-corrected chi connectivity index (χ1v) is 5.55. The van der Waals surface area contributed by atoms with E-state index in [1.165, 1.54) is 7.11 Å². The number of carbonyl (C=O) groups excluding carboxylic acids is 1. The molecule has 0 amide bonds. The van der Waals surface area contributed by atoms with Crippen molar-refractivity contribution in [1.82, 2.24) is 0 Å². The second-order valence-corrected chi connectivity index (χ2v) is 4.06. The molecule has 2 atom stereocenters. The van der Waals surface area contributed by atoms with E-state index in [0.717, 1.165) is 0 Å². The number of aliphatic hydroxyl groups is 1. The number of esters is 1. The van der Waals surface area contributed by atoms with Crippen LogP contribution < -0.4 is 4.74 Å². The lowest BCUT2D eigenvalue weighted by Crippen LogP contribution is -2.25. The van der Waals surface area contributed by atoms with Gasteiger partial charge in [0, 0.05) is 0 Å². The Bertz CT molecular complexity index is 403. The molecule has 1 aromatic carbocycles. The van der Waals surface area contributed by atoms with Gasteiger partial charge in [-0.1, -0.05) is 17.7 Å². The summed E-state index contributed by atoms with van der Waals surface area (Å²) >= 11 is 5.98. The number of methoxy groups -OCH3 is 1. The van der Waals surface area contributed by atoms with E-state index in [1.807, 2.05) is 0 Å². The van der Waals surface area contributed by atoms with E-state index in [0.29, 0.717) is 16.3 Å². The molecule has 94 valence electrons. The fraction of sp³-hybridized carbons (Fsp3) is 0.417. The average Bonchev–Trinajstić information content (AvgIpc) is 2.30. The molecule has 0 bridgehead atoms. The Balaban J connectivity index is 2.83. The maximum absolute atomic E-state index is 11.2. The molecule has 0 fully saturated rings. The lowest BCUT2D eigenvalue weighted by molar-refractivity contribution is -0.147. The number of carbonyl (C=O) groups is 1. The minimum Gasteiger partial charge on any atom is -0.477 e. The molecule has 0 aliphatic heterocycles. The second-order valence-electron chi connectivity index (χ2n) is 3.65.